The SMILES string of the molecule is CC1CCC(N)(c2nc(-c3nccs3)cs2)CC1. The van der Waals surface area contributed by atoms with Crippen LogP contribution in [0.5, 0.6) is 0 Å². The molecule has 0 amide bonds. The molecule has 1 aliphatic carbocycles. The number of aromatic nitrogens is 2. The highest BCUT2D eigenvalue weighted by atomic mass is 32.1. The maximum Gasteiger partial charge on any atom is 0.142 e. The molecule has 3 rings (SSSR count). The predicted molar refractivity (Wildman–Crippen MR) is 76.7 cm³/mol. The van der Waals surface area contributed by atoms with E-state index in [-0.39, 0.29) is 5.54 Å². The van der Waals surface area contributed by atoms with Crippen molar-refractivity contribution in [2.75, 3.05) is 0 Å². The van der Waals surface area contributed by atoms with Gasteiger partial charge in [-0.3, -0.25) is 0 Å². The van der Waals surface area contributed by atoms with Gasteiger partial charge in [0.2, 0.25) is 0 Å². The van der Waals surface area contributed by atoms with Gasteiger partial charge in [-0.05, 0) is 31.6 Å². The zero-order chi connectivity index (χ0) is 12.6. The van der Waals surface area contributed by atoms with Crippen LogP contribution in [0.2, 0.25) is 0 Å². The fraction of sp³-hybridized carbons (Fsp3) is 0.538. The Morgan fingerprint density at radius 1 is 1.33 bits per heavy atom. The molecule has 0 bridgehead atoms. The lowest BCUT2D eigenvalue weighted by Gasteiger charge is -2.34. The molecule has 18 heavy (non-hydrogen) atoms. The van der Waals surface area contributed by atoms with E-state index >= 15 is 0 Å². The second-order valence-corrected chi connectivity index (χ2v) is 6.97. The van der Waals surface area contributed by atoms with Crippen molar-refractivity contribution in [3.63, 3.8) is 0 Å². The number of hydrogen-bond donors (Lipinski definition) is 1. The van der Waals surface area contributed by atoms with E-state index in [0.29, 0.717) is 0 Å². The molecule has 96 valence electrons. The molecule has 0 atom stereocenters. The summed E-state index contributed by atoms with van der Waals surface area (Å²) in [5.74, 6) is 0.806. The first kappa shape index (κ1) is 12.3. The molecule has 3 nitrogen and oxygen atoms in total. The smallest absolute Gasteiger partial charge is 0.142 e. The van der Waals surface area contributed by atoms with Gasteiger partial charge in [-0.1, -0.05) is 6.92 Å². The van der Waals surface area contributed by atoms with Crippen LogP contribution in [0.3, 0.4) is 0 Å². The Balaban J connectivity index is 1.85. The number of nitrogens with two attached hydrogens (primary N) is 1. The molecule has 1 saturated carbocycles. The van der Waals surface area contributed by atoms with Crippen LogP contribution in [0.4, 0.5) is 0 Å². The van der Waals surface area contributed by atoms with E-state index in [1.807, 2.05) is 11.6 Å². The summed E-state index contributed by atoms with van der Waals surface area (Å²) >= 11 is 3.31. The molecule has 0 spiro atoms. The van der Waals surface area contributed by atoms with Gasteiger partial charge >= 0.3 is 0 Å². The summed E-state index contributed by atoms with van der Waals surface area (Å²) in [7, 11) is 0. The quantitative estimate of drug-likeness (QED) is 0.913. The van der Waals surface area contributed by atoms with E-state index in [1.165, 1.54) is 12.8 Å². The van der Waals surface area contributed by atoms with Gasteiger partial charge in [-0.25, -0.2) is 9.97 Å². The average Bonchev–Trinajstić information content (AvgIpc) is 3.01. The second kappa shape index (κ2) is 4.72. The van der Waals surface area contributed by atoms with Crippen molar-refractivity contribution in [2.45, 2.75) is 38.1 Å². The summed E-state index contributed by atoms with van der Waals surface area (Å²) in [6.45, 7) is 2.31. The van der Waals surface area contributed by atoms with Gasteiger partial charge in [0.1, 0.15) is 15.7 Å². The average molecular weight is 279 g/mol. The van der Waals surface area contributed by atoms with Crippen molar-refractivity contribution in [2.24, 2.45) is 11.7 Å². The third-order valence-electron chi connectivity index (χ3n) is 3.75. The second-order valence-electron chi connectivity index (χ2n) is 5.21. The maximum absolute atomic E-state index is 6.54. The van der Waals surface area contributed by atoms with Crippen LogP contribution >= 0.6 is 22.7 Å². The van der Waals surface area contributed by atoms with Crippen LogP contribution < -0.4 is 5.73 Å². The number of thiazole rings is 2. The first-order chi connectivity index (χ1) is 8.67. The standard InChI is InChI=1S/C13H17N3S2/c1-9-2-4-13(14,5-3-9)12-16-10(8-18-12)11-15-6-7-17-11/h6-9H,2-5,14H2,1H3. The van der Waals surface area contributed by atoms with E-state index in [4.69, 9.17) is 10.7 Å². The highest BCUT2D eigenvalue weighted by Crippen LogP contribution is 2.39. The molecular formula is C13H17N3S2. The summed E-state index contributed by atoms with van der Waals surface area (Å²) in [5, 5.41) is 6.14. The molecule has 2 aromatic rings. The third-order valence-corrected chi connectivity index (χ3v) is 5.61. The molecule has 0 unspecified atom stereocenters. The van der Waals surface area contributed by atoms with Crippen molar-refractivity contribution in [1.82, 2.24) is 9.97 Å². The molecule has 2 aromatic heterocycles. The van der Waals surface area contributed by atoms with E-state index in [1.54, 1.807) is 22.7 Å². The van der Waals surface area contributed by atoms with Crippen molar-refractivity contribution in [1.29, 1.82) is 0 Å². The van der Waals surface area contributed by atoms with Crippen LogP contribution in [0.25, 0.3) is 10.7 Å². The molecule has 0 radical (unpaired) electrons. The minimum Gasteiger partial charge on any atom is -0.319 e. The Kier molecular flexibility index (Phi) is 3.21. The van der Waals surface area contributed by atoms with Crippen molar-refractivity contribution in [3.8, 4) is 10.7 Å². The third kappa shape index (κ3) is 2.22. The molecule has 0 saturated heterocycles. The Morgan fingerprint density at radius 2 is 2.11 bits per heavy atom. The lowest BCUT2D eigenvalue weighted by Crippen LogP contribution is -2.40. The Labute approximate surface area is 115 Å². The fourth-order valence-electron chi connectivity index (χ4n) is 2.44. The zero-order valence-corrected chi connectivity index (χ0v) is 12.1. The van der Waals surface area contributed by atoms with Gasteiger partial charge in [0.05, 0.1) is 5.54 Å². The van der Waals surface area contributed by atoms with Crippen molar-refractivity contribution < 1.29 is 0 Å². The van der Waals surface area contributed by atoms with Gasteiger partial charge in [-0.15, -0.1) is 22.7 Å². The summed E-state index contributed by atoms with van der Waals surface area (Å²) in [6, 6.07) is 0. The Hall–Kier alpha value is -0.780. The van der Waals surface area contributed by atoms with Crippen LogP contribution in [-0.4, -0.2) is 9.97 Å². The van der Waals surface area contributed by atoms with Gasteiger partial charge < -0.3 is 5.73 Å². The van der Waals surface area contributed by atoms with Crippen LogP contribution in [0.1, 0.15) is 37.6 Å². The van der Waals surface area contributed by atoms with Crippen LogP contribution in [0, 0.1) is 5.92 Å². The molecule has 5 heteroatoms. The Morgan fingerprint density at radius 3 is 2.78 bits per heavy atom. The minimum atomic E-state index is -0.202. The first-order valence-electron chi connectivity index (χ1n) is 6.32. The maximum atomic E-state index is 6.54. The van der Waals surface area contributed by atoms with E-state index in [9.17, 15) is 0 Å². The van der Waals surface area contributed by atoms with Crippen molar-refractivity contribution in [3.05, 3.63) is 22.0 Å². The topological polar surface area (TPSA) is 51.8 Å². The van der Waals surface area contributed by atoms with E-state index in [0.717, 1.165) is 34.5 Å². The number of hydrogen-bond acceptors (Lipinski definition) is 5. The van der Waals surface area contributed by atoms with Crippen molar-refractivity contribution >= 4 is 22.7 Å². The number of rotatable bonds is 2. The van der Waals surface area contributed by atoms with Gasteiger partial charge in [0.25, 0.3) is 0 Å². The predicted octanol–water partition coefficient (Wildman–Crippen LogP) is 3.63. The Bertz CT molecular complexity index is 510. The van der Waals surface area contributed by atoms with Gasteiger partial charge in [0.15, 0.2) is 0 Å². The van der Waals surface area contributed by atoms with Gasteiger partial charge in [0, 0.05) is 17.0 Å². The molecule has 2 heterocycles. The van der Waals surface area contributed by atoms with Gasteiger partial charge in [-0.2, -0.15) is 0 Å². The molecule has 0 aromatic carbocycles. The normalized spacial score (nSPS) is 28.4. The molecule has 1 aliphatic rings. The number of nitrogens with zero attached hydrogens (tertiary/aromatic N) is 2. The molecule has 2 N–H and O–H groups in total. The first-order valence-corrected chi connectivity index (χ1v) is 8.08. The minimum absolute atomic E-state index is 0.202. The zero-order valence-electron chi connectivity index (χ0n) is 10.4. The lowest BCUT2D eigenvalue weighted by atomic mass is 9.78. The molecule has 1 fully saturated rings. The van der Waals surface area contributed by atoms with E-state index in [2.05, 4.69) is 17.3 Å². The molecular weight excluding hydrogens is 262 g/mol. The van der Waals surface area contributed by atoms with Crippen LogP contribution in [-0.2, 0) is 5.54 Å². The molecule has 0 aliphatic heterocycles. The largest absolute Gasteiger partial charge is 0.319 e. The summed E-state index contributed by atoms with van der Waals surface area (Å²) in [4.78, 5) is 9.02. The summed E-state index contributed by atoms with van der Waals surface area (Å²) < 4.78 is 0. The monoisotopic (exact) mass is 279 g/mol. The highest BCUT2D eigenvalue weighted by molar-refractivity contribution is 7.14. The van der Waals surface area contributed by atoms with E-state index < -0.39 is 0 Å². The fourth-order valence-corrected chi connectivity index (χ4v) is 4.09. The lowest BCUT2D eigenvalue weighted by molar-refractivity contribution is 0.247. The van der Waals surface area contributed by atoms with Crippen LogP contribution in [0.15, 0.2) is 17.0 Å². The highest BCUT2D eigenvalue weighted by Gasteiger charge is 2.34. The summed E-state index contributed by atoms with van der Waals surface area (Å²) in [5.41, 5.74) is 7.32. The summed E-state index contributed by atoms with van der Waals surface area (Å²) in [6.07, 6.45) is 6.35.